The molecule has 2 aromatic heterocycles. The number of pyridine rings is 2. The Morgan fingerprint density at radius 2 is 1.90 bits per heavy atom. The molecule has 0 unspecified atom stereocenters. The number of nitrogens with two attached hydrogens (primary N) is 1. The summed E-state index contributed by atoms with van der Waals surface area (Å²) in [6, 6.07) is 14.4. The van der Waals surface area contributed by atoms with Crippen molar-refractivity contribution in [3.63, 3.8) is 0 Å². The Morgan fingerprint density at radius 1 is 1.10 bits per heavy atom. The third-order valence-corrected chi connectivity index (χ3v) is 3.11. The van der Waals surface area contributed by atoms with E-state index in [4.69, 9.17) is 5.73 Å². The first-order valence-corrected chi connectivity index (χ1v) is 6.54. The number of rotatable bonds is 2. The van der Waals surface area contributed by atoms with Gasteiger partial charge in [0.2, 0.25) is 0 Å². The Balaban J connectivity index is 2.02. The number of nitrogens with zero attached hydrogens (tertiary/aromatic N) is 2. The van der Waals surface area contributed by atoms with Crippen molar-refractivity contribution in [3.8, 4) is 0 Å². The molecule has 0 spiro atoms. The molecule has 0 atom stereocenters. The average molecular weight is 278 g/mol. The molecular formula is C16H14N4O. The highest BCUT2D eigenvalue weighted by molar-refractivity contribution is 6.12. The van der Waals surface area contributed by atoms with Crippen LogP contribution in [0.1, 0.15) is 16.1 Å². The van der Waals surface area contributed by atoms with E-state index in [9.17, 15) is 4.79 Å². The fourth-order valence-electron chi connectivity index (χ4n) is 2.18. The summed E-state index contributed by atoms with van der Waals surface area (Å²) in [5.74, 6) is 0.578. The summed E-state index contributed by atoms with van der Waals surface area (Å²) in [4.78, 5) is 20.9. The number of hydrogen-bond donors (Lipinski definition) is 2. The number of para-hydroxylation sites is 1. The van der Waals surface area contributed by atoms with Crippen molar-refractivity contribution in [2.24, 2.45) is 0 Å². The molecule has 0 saturated heterocycles. The zero-order chi connectivity index (χ0) is 14.8. The summed E-state index contributed by atoms with van der Waals surface area (Å²) in [7, 11) is 0. The number of nitrogen functional groups attached to an aromatic ring is 1. The lowest BCUT2D eigenvalue weighted by Crippen LogP contribution is -2.14. The van der Waals surface area contributed by atoms with Gasteiger partial charge in [0.25, 0.3) is 5.91 Å². The van der Waals surface area contributed by atoms with Crippen molar-refractivity contribution in [1.82, 2.24) is 9.97 Å². The van der Waals surface area contributed by atoms with Crippen molar-refractivity contribution in [1.29, 1.82) is 0 Å². The lowest BCUT2D eigenvalue weighted by molar-refractivity contribution is 0.102. The van der Waals surface area contributed by atoms with Gasteiger partial charge in [-0.1, -0.05) is 24.3 Å². The molecule has 0 aliphatic carbocycles. The standard InChI is InChI=1S/C16H14N4O/c1-10-5-4-8-15(18-10)20-16(21)12-9-14(17)19-13-7-3-2-6-11(12)13/h2-9H,1H3,(H2,17,19)(H,18,20,21). The van der Waals surface area contributed by atoms with Crippen LogP contribution in [0.2, 0.25) is 0 Å². The number of anilines is 2. The van der Waals surface area contributed by atoms with Gasteiger partial charge in [0.05, 0.1) is 11.1 Å². The zero-order valence-electron chi connectivity index (χ0n) is 11.5. The van der Waals surface area contributed by atoms with Crippen LogP contribution in [0.25, 0.3) is 10.9 Å². The van der Waals surface area contributed by atoms with Crippen molar-refractivity contribution in [2.45, 2.75) is 6.92 Å². The molecule has 2 heterocycles. The summed E-state index contributed by atoms with van der Waals surface area (Å²) in [6.07, 6.45) is 0. The van der Waals surface area contributed by atoms with Gasteiger partial charge in [-0.05, 0) is 31.2 Å². The largest absolute Gasteiger partial charge is 0.384 e. The number of benzene rings is 1. The molecule has 0 aliphatic rings. The van der Waals surface area contributed by atoms with Crippen LogP contribution in [-0.2, 0) is 0 Å². The monoisotopic (exact) mass is 278 g/mol. The van der Waals surface area contributed by atoms with Crippen LogP contribution in [0.4, 0.5) is 11.6 Å². The van der Waals surface area contributed by atoms with Crippen LogP contribution in [0.5, 0.6) is 0 Å². The van der Waals surface area contributed by atoms with Crippen LogP contribution in [0.3, 0.4) is 0 Å². The second-order valence-electron chi connectivity index (χ2n) is 4.73. The summed E-state index contributed by atoms with van der Waals surface area (Å²) in [6.45, 7) is 1.87. The van der Waals surface area contributed by atoms with Crippen molar-refractivity contribution < 1.29 is 4.79 Å². The molecule has 0 aliphatic heterocycles. The number of carbonyl (C=O) groups is 1. The van der Waals surface area contributed by atoms with E-state index >= 15 is 0 Å². The van der Waals surface area contributed by atoms with E-state index in [0.717, 1.165) is 11.1 Å². The number of carbonyl (C=O) groups excluding carboxylic acids is 1. The summed E-state index contributed by atoms with van der Waals surface area (Å²) >= 11 is 0. The summed E-state index contributed by atoms with van der Waals surface area (Å²) in [5, 5.41) is 3.55. The fourth-order valence-corrected chi connectivity index (χ4v) is 2.18. The number of aryl methyl sites for hydroxylation is 1. The Morgan fingerprint density at radius 3 is 2.71 bits per heavy atom. The number of aromatic nitrogens is 2. The highest BCUT2D eigenvalue weighted by atomic mass is 16.1. The summed E-state index contributed by atoms with van der Waals surface area (Å²) < 4.78 is 0. The predicted octanol–water partition coefficient (Wildman–Crippen LogP) is 2.77. The second-order valence-corrected chi connectivity index (χ2v) is 4.73. The Hall–Kier alpha value is -2.95. The first kappa shape index (κ1) is 13.1. The number of fused-ring (bicyclic) bond motifs is 1. The first-order valence-electron chi connectivity index (χ1n) is 6.54. The molecule has 1 amide bonds. The van der Waals surface area contributed by atoms with Crippen LogP contribution in [0, 0.1) is 6.92 Å². The number of nitrogens with one attached hydrogen (secondary N) is 1. The molecular weight excluding hydrogens is 264 g/mol. The fraction of sp³-hybridized carbons (Fsp3) is 0.0625. The van der Waals surface area contributed by atoms with E-state index in [-0.39, 0.29) is 5.91 Å². The van der Waals surface area contributed by atoms with Gasteiger partial charge >= 0.3 is 0 Å². The maximum Gasteiger partial charge on any atom is 0.257 e. The zero-order valence-corrected chi connectivity index (χ0v) is 11.5. The quantitative estimate of drug-likeness (QED) is 0.755. The molecule has 0 bridgehead atoms. The van der Waals surface area contributed by atoms with Gasteiger partial charge < -0.3 is 11.1 Å². The molecule has 0 saturated carbocycles. The minimum Gasteiger partial charge on any atom is -0.384 e. The van der Waals surface area contributed by atoms with Gasteiger partial charge in [-0.25, -0.2) is 9.97 Å². The minimum absolute atomic E-state index is 0.251. The third kappa shape index (κ3) is 2.67. The maximum absolute atomic E-state index is 12.5. The Labute approximate surface area is 121 Å². The van der Waals surface area contributed by atoms with Gasteiger partial charge in [-0.3, -0.25) is 4.79 Å². The lowest BCUT2D eigenvalue weighted by Gasteiger charge is -2.08. The molecule has 5 heteroatoms. The highest BCUT2D eigenvalue weighted by Gasteiger charge is 2.12. The predicted molar refractivity (Wildman–Crippen MR) is 83.1 cm³/mol. The van der Waals surface area contributed by atoms with Gasteiger partial charge in [-0.15, -0.1) is 0 Å². The van der Waals surface area contributed by atoms with Crippen LogP contribution in [0.15, 0.2) is 48.5 Å². The molecule has 1 aromatic carbocycles. The lowest BCUT2D eigenvalue weighted by atomic mass is 10.1. The second kappa shape index (κ2) is 5.20. The average Bonchev–Trinajstić information content (AvgIpc) is 2.46. The van der Waals surface area contributed by atoms with E-state index in [1.54, 1.807) is 12.1 Å². The van der Waals surface area contributed by atoms with Gasteiger partial charge in [0.15, 0.2) is 0 Å². The van der Waals surface area contributed by atoms with E-state index in [1.165, 1.54) is 0 Å². The molecule has 0 fully saturated rings. The molecule has 3 N–H and O–H groups in total. The van der Waals surface area contributed by atoms with Gasteiger partial charge in [-0.2, -0.15) is 0 Å². The smallest absolute Gasteiger partial charge is 0.257 e. The van der Waals surface area contributed by atoms with Gasteiger partial charge in [0.1, 0.15) is 11.6 Å². The molecule has 0 radical (unpaired) electrons. The van der Waals surface area contributed by atoms with Crippen LogP contribution < -0.4 is 11.1 Å². The number of hydrogen-bond acceptors (Lipinski definition) is 4. The van der Waals surface area contributed by atoms with Gasteiger partial charge in [0, 0.05) is 11.1 Å². The third-order valence-electron chi connectivity index (χ3n) is 3.11. The van der Waals surface area contributed by atoms with E-state index in [2.05, 4.69) is 15.3 Å². The molecule has 21 heavy (non-hydrogen) atoms. The van der Waals surface area contributed by atoms with E-state index < -0.39 is 0 Å². The first-order chi connectivity index (χ1) is 10.1. The van der Waals surface area contributed by atoms with Crippen molar-refractivity contribution in [2.75, 3.05) is 11.1 Å². The molecule has 104 valence electrons. The van der Waals surface area contributed by atoms with Crippen LogP contribution >= 0.6 is 0 Å². The Bertz CT molecular complexity index is 829. The SMILES string of the molecule is Cc1cccc(NC(=O)c2cc(N)nc3ccccc23)n1. The van der Waals surface area contributed by atoms with E-state index in [1.807, 2.05) is 43.3 Å². The normalized spacial score (nSPS) is 10.5. The number of amides is 1. The van der Waals surface area contributed by atoms with Crippen molar-refractivity contribution in [3.05, 3.63) is 59.8 Å². The Kier molecular flexibility index (Phi) is 3.23. The minimum atomic E-state index is -0.251. The highest BCUT2D eigenvalue weighted by Crippen LogP contribution is 2.20. The van der Waals surface area contributed by atoms with E-state index in [0.29, 0.717) is 22.7 Å². The molecule has 3 aromatic rings. The maximum atomic E-state index is 12.5. The molecule has 3 rings (SSSR count). The van der Waals surface area contributed by atoms with Crippen LogP contribution in [-0.4, -0.2) is 15.9 Å². The topological polar surface area (TPSA) is 80.9 Å². The molecule has 5 nitrogen and oxygen atoms in total. The summed E-state index contributed by atoms with van der Waals surface area (Å²) in [5.41, 5.74) is 7.79. The van der Waals surface area contributed by atoms with Crippen molar-refractivity contribution >= 4 is 28.4 Å².